The lowest BCUT2D eigenvalue weighted by Crippen LogP contribution is -2.32. The molecule has 0 atom stereocenters. The minimum Gasteiger partial charge on any atom is -0.473 e. The van der Waals surface area contributed by atoms with Gasteiger partial charge in [-0.25, -0.2) is 0 Å². The van der Waals surface area contributed by atoms with Gasteiger partial charge >= 0.3 is 0 Å². The van der Waals surface area contributed by atoms with Crippen LogP contribution in [-0.4, -0.2) is 6.73 Å². The van der Waals surface area contributed by atoms with E-state index in [9.17, 15) is 0 Å². The summed E-state index contributed by atoms with van der Waals surface area (Å²) < 4.78 is 7.23. The number of ether oxygens (including phenoxy) is 1. The molecule has 0 bridgehead atoms. The van der Waals surface area contributed by atoms with Crippen LogP contribution in [0, 0.1) is 3.57 Å². The molecule has 0 saturated carbocycles. The molecule has 3 aromatic rings. The number of nitrogens with zero attached hydrogens (tertiary/aromatic N) is 1. The third-order valence-electron chi connectivity index (χ3n) is 3.92. The Kier molecular flexibility index (Phi) is 3.22. The largest absolute Gasteiger partial charge is 0.473 e. The topological polar surface area (TPSA) is 12.5 Å². The Balaban J connectivity index is 1.81. The fraction of sp³-hybridized carbons (Fsp3) is 0.111. The maximum absolute atomic E-state index is 5.98. The lowest BCUT2D eigenvalue weighted by atomic mass is 10.0. The first-order valence-corrected chi connectivity index (χ1v) is 8.04. The van der Waals surface area contributed by atoms with Gasteiger partial charge in [-0.05, 0) is 51.6 Å². The number of benzene rings is 3. The van der Waals surface area contributed by atoms with Gasteiger partial charge in [0.15, 0.2) is 6.73 Å². The third kappa shape index (κ3) is 2.25. The fourth-order valence-corrected chi connectivity index (χ4v) is 3.59. The molecule has 0 saturated heterocycles. The van der Waals surface area contributed by atoms with E-state index in [1.54, 1.807) is 0 Å². The Morgan fingerprint density at radius 3 is 2.62 bits per heavy atom. The third-order valence-corrected chi connectivity index (χ3v) is 4.83. The summed E-state index contributed by atoms with van der Waals surface area (Å²) in [6.07, 6.45) is 0. The number of fused-ring (bicyclic) bond motifs is 3. The van der Waals surface area contributed by atoms with Crippen LogP contribution < -0.4 is 9.64 Å². The monoisotopic (exact) mass is 387 g/mol. The first-order chi connectivity index (χ1) is 10.3. The van der Waals surface area contributed by atoms with E-state index in [4.69, 9.17) is 4.74 Å². The van der Waals surface area contributed by atoms with Gasteiger partial charge in [0.25, 0.3) is 0 Å². The molecule has 3 aromatic carbocycles. The summed E-state index contributed by atoms with van der Waals surface area (Å²) >= 11 is 2.38. The Morgan fingerprint density at radius 2 is 1.71 bits per heavy atom. The number of rotatable bonds is 1. The lowest BCUT2D eigenvalue weighted by molar-refractivity contribution is 0.290. The van der Waals surface area contributed by atoms with Crippen LogP contribution in [0.2, 0.25) is 0 Å². The molecule has 0 fully saturated rings. The maximum atomic E-state index is 5.98. The summed E-state index contributed by atoms with van der Waals surface area (Å²) in [4.78, 5) is 2.29. The van der Waals surface area contributed by atoms with Crippen molar-refractivity contribution in [2.75, 3.05) is 11.6 Å². The highest BCUT2D eigenvalue weighted by molar-refractivity contribution is 14.1. The van der Waals surface area contributed by atoms with Gasteiger partial charge in [0, 0.05) is 9.13 Å². The highest BCUT2D eigenvalue weighted by Crippen LogP contribution is 2.35. The van der Waals surface area contributed by atoms with Crippen LogP contribution in [0.15, 0.2) is 60.7 Å². The number of halogens is 1. The van der Waals surface area contributed by atoms with Gasteiger partial charge in [0.05, 0.1) is 12.2 Å². The van der Waals surface area contributed by atoms with E-state index in [1.807, 2.05) is 0 Å². The summed E-state index contributed by atoms with van der Waals surface area (Å²) in [6.45, 7) is 1.49. The molecule has 0 radical (unpaired) electrons. The summed E-state index contributed by atoms with van der Waals surface area (Å²) in [6, 6.07) is 21.2. The van der Waals surface area contributed by atoms with Crippen LogP contribution in [-0.2, 0) is 6.54 Å². The molecule has 21 heavy (non-hydrogen) atoms. The van der Waals surface area contributed by atoms with Crippen molar-refractivity contribution >= 4 is 39.1 Å². The van der Waals surface area contributed by atoms with Gasteiger partial charge in [-0.2, -0.15) is 0 Å². The highest BCUT2D eigenvalue weighted by atomic mass is 127. The Hall–Kier alpha value is -1.75. The lowest BCUT2D eigenvalue weighted by Gasteiger charge is -2.32. The molecule has 0 unspecified atom stereocenters. The summed E-state index contributed by atoms with van der Waals surface area (Å²) in [5, 5.41) is 2.55. The minimum absolute atomic E-state index is 0.603. The maximum Gasteiger partial charge on any atom is 0.161 e. The van der Waals surface area contributed by atoms with Crippen molar-refractivity contribution in [3.8, 4) is 5.75 Å². The molecule has 2 nitrogen and oxygen atoms in total. The smallest absolute Gasteiger partial charge is 0.161 e. The molecule has 0 spiro atoms. The molecule has 1 aliphatic rings. The standard InChI is InChI=1S/C18H14INO/c19-16-7-3-4-8-17(16)20-11-15-14-6-2-1-5-13(14)9-10-18(15)21-12-20/h1-10H,11-12H2. The van der Waals surface area contributed by atoms with Gasteiger partial charge in [0.1, 0.15) is 5.75 Å². The van der Waals surface area contributed by atoms with Crippen LogP contribution >= 0.6 is 22.6 Å². The van der Waals surface area contributed by atoms with Crippen molar-refractivity contribution < 1.29 is 4.74 Å². The molecule has 3 heteroatoms. The van der Waals surface area contributed by atoms with Crippen LogP contribution in [0.4, 0.5) is 5.69 Å². The number of hydrogen-bond acceptors (Lipinski definition) is 2. The quantitative estimate of drug-likeness (QED) is 0.557. The molecule has 0 amide bonds. The molecule has 0 N–H and O–H groups in total. The molecule has 0 aliphatic carbocycles. The predicted octanol–water partition coefficient (Wildman–Crippen LogP) is 4.80. The van der Waals surface area contributed by atoms with E-state index >= 15 is 0 Å². The van der Waals surface area contributed by atoms with Crippen molar-refractivity contribution in [3.63, 3.8) is 0 Å². The number of anilines is 1. The zero-order chi connectivity index (χ0) is 14.2. The summed E-state index contributed by atoms with van der Waals surface area (Å²) in [5.74, 6) is 1.01. The molecule has 1 heterocycles. The van der Waals surface area contributed by atoms with Crippen molar-refractivity contribution in [1.29, 1.82) is 0 Å². The number of para-hydroxylation sites is 1. The summed E-state index contributed by atoms with van der Waals surface area (Å²) in [5.41, 5.74) is 2.51. The van der Waals surface area contributed by atoms with E-state index in [-0.39, 0.29) is 0 Å². The first kappa shape index (κ1) is 13.0. The zero-order valence-electron chi connectivity index (χ0n) is 11.4. The molecule has 4 rings (SSSR count). The van der Waals surface area contributed by atoms with Crippen molar-refractivity contribution in [2.24, 2.45) is 0 Å². The minimum atomic E-state index is 0.603. The van der Waals surface area contributed by atoms with E-state index in [1.165, 1.54) is 25.6 Å². The van der Waals surface area contributed by atoms with E-state index in [0.29, 0.717) is 6.73 Å². The van der Waals surface area contributed by atoms with Crippen molar-refractivity contribution in [2.45, 2.75) is 6.54 Å². The molecule has 104 valence electrons. The van der Waals surface area contributed by atoms with Crippen LogP contribution in [0.25, 0.3) is 10.8 Å². The number of hydrogen-bond donors (Lipinski definition) is 0. The van der Waals surface area contributed by atoms with E-state index in [0.717, 1.165) is 12.3 Å². The molecular weight excluding hydrogens is 373 g/mol. The van der Waals surface area contributed by atoms with E-state index < -0.39 is 0 Å². The highest BCUT2D eigenvalue weighted by Gasteiger charge is 2.20. The Labute approximate surface area is 137 Å². The van der Waals surface area contributed by atoms with E-state index in [2.05, 4.69) is 88.2 Å². The Bertz CT molecular complexity index is 815. The zero-order valence-corrected chi connectivity index (χ0v) is 13.6. The van der Waals surface area contributed by atoms with Gasteiger partial charge < -0.3 is 9.64 Å². The SMILES string of the molecule is Ic1ccccc1N1COc2ccc3ccccc3c2C1. The molecule has 0 aromatic heterocycles. The first-order valence-electron chi connectivity index (χ1n) is 6.96. The normalized spacial score (nSPS) is 13.9. The van der Waals surface area contributed by atoms with Crippen molar-refractivity contribution in [1.82, 2.24) is 0 Å². The molecule has 1 aliphatic heterocycles. The fourth-order valence-electron chi connectivity index (χ4n) is 2.86. The van der Waals surface area contributed by atoms with Gasteiger partial charge in [-0.3, -0.25) is 0 Å². The Morgan fingerprint density at radius 1 is 0.905 bits per heavy atom. The van der Waals surface area contributed by atoms with Crippen molar-refractivity contribution in [3.05, 3.63) is 69.8 Å². The van der Waals surface area contributed by atoms with Crippen LogP contribution in [0.1, 0.15) is 5.56 Å². The second-order valence-electron chi connectivity index (χ2n) is 5.19. The second-order valence-corrected chi connectivity index (χ2v) is 6.35. The van der Waals surface area contributed by atoms with Crippen LogP contribution in [0.5, 0.6) is 5.75 Å². The van der Waals surface area contributed by atoms with Gasteiger partial charge in [-0.15, -0.1) is 0 Å². The average molecular weight is 387 g/mol. The van der Waals surface area contributed by atoms with Gasteiger partial charge in [-0.1, -0.05) is 42.5 Å². The average Bonchev–Trinajstić information content (AvgIpc) is 2.55. The van der Waals surface area contributed by atoms with Gasteiger partial charge in [0.2, 0.25) is 0 Å². The second kappa shape index (κ2) is 5.22. The predicted molar refractivity (Wildman–Crippen MR) is 94.8 cm³/mol. The summed E-state index contributed by atoms with van der Waals surface area (Å²) in [7, 11) is 0. The molecular formula is C18H14INO. The van der Waals surface area contributed by atoms with Crippen LogP contribution in [0.3, 0.4) is 0 Å².